The second kappa shape index (κ2) is 9.39. The fourth-order valence-corrected chi connectivity index (χ4v) is 8.74. The molecule has 1 aliphatic heterocycles. The Labute approximate surface area is 139 Å². The third kappa shape index (κ3) is 4.30. The molecule has 138 valence electrons. The van der Waals surface area contributed by atoms with E-state index in [0.717, 1.165) is 12.5 Å². The molecule has 0 N–H and O–H groups in total. The molecule has 23 heavy (non-hydrogen) atoms. The van der Waals surface area contributed by atoms with Crippen molar-refractivity contribution in [2.75, 3.05) is 19.8 Å². The van der Waals surface area contributed by atoms with E-state index in [-0.39, 0.29) is 12.3 Å². The summed E-state index contributed by atoms with van der Waals surface area (Å²) in [6.07, 6.45) is -3.20. The average Bonchev–Trinajstić information content (AvgIpc) is 2.51. The Balaban J connectivity index is 3.21. The Bertz CT molecular complexity index is 335. The van der Waals surface area contributed by atoms with E-state index in [1.54, 1.807) is 0 Å². The summed E-state index contributed by atoms with van der Waals surface area (Å²) in [6, 6.07) is 0.769. The minimum atomic E-state index is -2.96. The van der Waals surface area contributed by atoms with E-state index in [0.29, 0.717) is 32.7 Å². The minimum absolute atomic E-state index is 0.194. The van der Waals surface area contributed by atoms with Gasteiger partial charge in [-0.2, -0.15) is 0 Å². The fourth-order valence-electron chi connectivity index (χ4n) is 4.06. The summed E-state index contributed by atoms with van der Waals surface area (Å²) in [4.78, 5) is 0. The number of rotatable bonds is 10. The molecule has 3 unspecified atom stereocenters. The third-order valence-electron chi connectivity index (χ3n) is 4.83. The van der Waals surface area contributed by atoms with Crippen LogP contribution in [0.15, 0.2) is 0 Å². The molecule has 0 radical (unpaired) electrons. The molecule has 0 aromatic heterocycles. The number of ether oxygens (including phenoxy) is 1. The van der Waals surface area contributed by atoms with Crippen molar-refractivity contribution in [2.45, 2.75) is 77.2 Å². The summed E-state index contributed by atoms with van der Waals surface area (Å²) in [5.41, 5.74) is 0. The maximum Gasteiger partial charge on any atom is 0.371 e. The summed E-state index contributed by atoms with van der Waals surface area (Å²) in [5, 5.41) is -0.759. The summed E-state index contributed by atoms with van der Waals surface area (Å²) >= 11 is 0. The van der Waals surface area contributed by atoms with E-state index in [1.807, 2.05) is 27.7 Å². The fraction of sp³-hybridized carbons (Fsp3) is 1.00. The largest absolute Gasteiger partial charge is 0.393 e. The lowest BCUT2D eigenvalue weighted by Crippen LogP contribution is -2.69. The van der Waals surface area contributed by atoms with Crippen molar-refractivity contribution in [3.05, 3.63) is 0 Å². The molecule has 1 aliphatic rings. The minimum Gasteiger partial charge on any atom is -0.393 e. The van der Waals surface area contributed by atoms with Gasteiger partial charge in [0.15, 0.2) is 6.17 Å². The van der Waals surface area contributed by atoms with E-state index >= 15 is 0 Å². The first-order chi connectivity index (χ1) is 10.9. The molecule has 0 saturated carbocycles. The van der Waals surface area contributed by atoms with E-state index < -0.39 is 26.4 Å². The van der Waals surface area contributed by atoms with Crippen LogP contribution in [0.3, 0.4) is 0 Å². The molecule has 0 aliphatic carbocycles. The van der Waals surface area contributed by atoms with Crippen LogP contribution in [0, 0.1) is 5.92 Å². The van der Waals surface area contributed by atoms with Gasteiger partial charge in [0.1, 0.15) is 5.22 Å². The molecule has 1 rings (SSSR count). The van der Waals surface area contributed by atoms with Gasteiger partial charge >= 0.3 is 8.56 Å². The second-order valence-corrected chi connectivity index (χ2v) is 9.40. The number of halogens is 3. The molecule has 0 aromatic carbocycles. The van der Waals surface area contributed by atoms with Crippen LogP contribution in [0.1, 0.15) is 53.4 Å². The van der Waals surface area contributed by atoms with Gasteiger partial charge in [-0.15, -0.1) is 0 Å². The highest BCUT2D eigenvalue weighted by Crippen LogP contribution is 2.48. The van der Waals surface area contributed by atoms with Crippen molar-refractivity contribution in [3.8, 4) is 0 Å². The summed E-state index contributed by atoms with van der Waals surface area (Å²) < 4.78 is 57.7. The molecule has 0 bridgehead atoms. The third-order valence-corrected chi connectivity index (χ3v) is 9.55. The first-order valence-corrected chi connectivity index (χ1v) is 10.8. The van der Waals surface area contributed by atoms with Gasteiger partial charge in [0.05, 0.1) is 0 Å². The smallest absolute Gasteiger partial charge is 0.371 e. The molecule has 7 heteroatoms. The van der Waals surface area contributed by atoms with Crippen LogP contribution < -0.4 is 0 Å². The van der Waals surface area contributed by atoms with Crippen LogP contribution in [0.25, 0.3) is 0 Å². The number of alkyl halides is 3. The topological polar surface area (TPSA) is 27.7 Å². The Morgan fingerprint density at radius 2 is 1.65 bits per heavy atom. The maximum atomic E-state index is 13.8. The lowest BCUT2D eigenvalue weighted by molar-refractivity contribution is -0.0905. The standard InChI is InChI=1S/C16H31F3O3Si/c1-5-16(20-6-2)13(12-14(17)15(18)19)10-9-11-23(16,21-7-3)22-8-4/h13-15H,5-12H2,1-4H3. The Kier molecular flexibility index (Phi) is 8.55. The molecule has 1 saturated heterocycles. The molecular formula is C16H31F3O3Si. The highest BCUT2D eigenvalue weighted by Gasteiger charge is 2.63. The lowest BCUT2D eigenvalue weighted by atomic mass is 9.88. The average molecular weight is 357 g/mol. The molecule has 1 heterocycles. The van der Waals surface area contributed by atoms with Gasteiger partial charge in [-0.25, -0.2) is 13.2 Å². The molecule has 1 fully saturated rings. The van der Waals surface area contributed by atoms with Gasteiger partial charge in [-0.05, 0) is 52.0 Å². The highest BCUT2D eigenvalue weighted by molar-refractivity contribution is 6.71. The van der Waals surface area contributed by atoms with Crippen LogP contribution in [-0.4, -0.2) is 46.2 Å². The zero-order valence-corrected chi connectivity index (χ0v) is 15.7. The second-order valence-electron chi connectivity index (χ2n) is 5.97. The molecule has 3 nitrogen and oxygen atoms in total. The monoisotopic (exact) mass is 356 g/mol. The van der Waals surface area contributed by atoms with Crippen LogP contribution in [0.4, 0.5) is 13.2 Å². The highest BCUT2D eigenvalue weighted by atomic mass is 28.4. The maximum absolute atomic E-state index is 13.8. The van der Waals surface area contributed by atoms with Crippen molar-refractivity contribution in [1.29, 1.82) is 0 Å². The van der Waals surface area contributed by atoms with E-state index in [2.05, 4.69) is 0 Å². The van der Waals surface area contributed by atoms with Crippen molar-refractivity contribution in [1.82, 2.24) is 0 Å². The predicted octanol–water partition coefficient (Wildman–Crippen LogP) is 4.63. The lowest BCUT2D eigenvalue weighted by Gasteiger charge is -2.53. The Morgan fingerprint density at radius 3 is 2.09 bits per heavy atom. The van der Waals surface area contributed by atoms with Crippen molar-refractivity contribution >= 4 is 8.56 Å². The zero-order chi connectivity index (χ0) is 17.5. The van der Waals surface area contributed by atoms with Crippen LogP contribution in [0.5, 0.6) is 0 Å². The van der Waals surface area contributed by atoms with Crippen LogP contribution in [0.2, 0.25) is 6.04 Å². The summed E-state index contributed by atoms with van der Waals surface area (Å²) in [7, 11) is -2.78. The van der Waals surface area contributed by atoms with Gasteiger partial charge < -0.3 is 13.6 Å². The van der Waals surface area contributed by atoms with Crippen LogP contribution in [-0.2, 0) is 13.6 Å². The number of hydrogen-bond acceptors (Lipinski definition) is 3. The first-order valence-electron chi connectivity index (χ1n) is 8.77. The van der Waals surface area contributed by atoms with Gasteiger partial charge in [0.25, 0.3) is 6.43 Å². The first kappa shape index (κ1) is 20.9. The normalized spacial score (nSPS) is 29.0. The SMILES string of the molecule is CCOC1(CC)C(CC(F)C(F)F)CCC[Si]1(OCC)OCC. The van der Waals surface area contributed by atoms with Crippen molar-refractivity contribution < 1.29 is 26.8 Å². The van der Waals surface area contributed by atoms with Crippen molar-refractivity contribution in [3.63, 3.8) is 0 Å². The molecular weight excluding hydrogens is 325 g/mol. The number of hydrogen-bond donors (Lipinski definition) is 0. The molecule has 0 spiro atoms. The van der Waals surface area contributed by atoms with Gasteiger partial charge in [-0.3, -0.25) is 0 Å². The van der Waals surface area contributed by atoms with E-state index in [4.69, 9.17) is 13.6 Å². The Hall–Kier alpha value is -0.113. The molecule has 0 amide bonds. The van der Waals surface area contributed by atoms with Gasteiger partial charge in [0, 0.05) is 19.8 Å². The van der Waals surface area contributed by atoms with E-state index in [9.17, 15) is 13.2 Å². The molecule has 3 atom stereocenters. The van der Waals surface area contributed by atoms with Crippen molar-refractivity contribution in [2.24, 2.45) is 5.92 Å². The van der Waals surface area contributed by atoms with Crippen LogP contribution >= 0.6 is 0 Å². The van der Waals surface area contributed by atoms with Gasteiger partial charge in [0.2, 0.25) is 0 Å². The van der Waals surface area contributed by atoms with Gasteiger partial charge in [-0.1, -0.05) is 13.3 Å². The Morgan fingerprint density at radius 1 is 1.04 bits per heavy atom. The zero-order valence-electron chi connectivity index (χ0n) is 14.7. The quantitative estimate of drug-likeness (QED) is 0.534. The summed E-state index contributed by atoms with van der Waals surface area (Å²) in [6.45, 7) is 9.06. The predicted molar refractivity (Wildman–Crippen MR) is 86.7 cm³/mol. The molecule has 0 aromatic rings. The van der Waals surface area contributed by atoms with E-state index in [1.165, 1.54) is 0 Å². The summed E-state index contributed by atoms with van der Waals surface area (Å²) in [5.74, 6) is -0.296.